The molecule has 1 aliphatic rings. The fourth-order valence-electron chi connectivity index (χ4n) is 2.67. The average Bonchev–Trinajstić information content (AvgIpc) is 2.80. The van der Waals surface area contributed by atoms with Crippen LogP contribution in [0.4, 0.5) is 18.9 Å². The fourth-order valence-corrected chi connectivity index (χ4v) is 2.91. The molecule has 0 amide bonds. The van der Waals surface area contributed by atoms with Crippen LogP contribution in [0.1, 0.15) is 38.2 Å². The lowest BCUT2D eigenvalue weighted by Gasteiger charge is -2.22. The van der Waals surface area contributed by atoms with Crippen LogP contribution in [0.5, 0.6) is 0 Å². The van der Waals surface area contributed by atoms with E-state index < -0.39 is 11.7 Å². The fraction of sp³-hybridized carbons (Fsp3) is 0.571. The molecule has 1 N–H and O–H groups in total. The molecule has 1 unspecified atom stereocenters. The zero-order chi connectivity index (χ0) is 14.0. The summed E-state index contributed by atoms with van der Waals surface area (Å²) in [6.45, 7) is 2.02. The molecule has 0 aromatic heterocycles. The molecule has 1 nitrogen and oxygen atoms in total. The van der Waals surface area contributed by atoms with Gasteiger partial charge in [0.05, 0.1) is 5.56 Å². The molecule has 106 valence electrons. The molecule has 0 aliphatic heterocycles. The number of anilines is 1. The predicted molar refractivity (Wildman–Crippen MR) is 71.5 cm³/mol. The summed E-state index contributed by atoms with van der Waals surface area (Å²) in [7, 11) is 0. The molecule has 1 atom stereocenters. The number of rotatable bonds is 3. The van der Waals surface area contributed by atoms with E-state index in [-0.39, 0.29) is 11.1 Å². The summed E-state index contributed by atoms with van der Waals surface area (Å²) in [5.41, 5.74) is -0.264. The van der Waals surface area contributed by atoms with Crippen molar-refractivity contribution in [1.29, 1.82) is 0 Å². The van der Waals surface area contributed by atoms with E-state index in [1.54, 1.807) is 6.07 Å². The van der Waals surface area contributed by atoms with Crippen LogP contribution in [-0.2, 0) is 6.18 Å². The third kappa shape index (κ3) is 3.78. The summed E-state index contributed by atoms with van der Waals surface area (Å²) in [5.74, 6) is 0.535. The van der Waals surface area contributed by atoms with Gasteiger partial charge in [-0.3, -0.25) is 0 Å². The molecular weight excluding hydrogens is 275 g/mol. The maximum absolute atomic E-state index is 12.7. The molecule has 0 heterocycles. The summed E-state index contributed by atoms with van der Waals surface area (Å²) in [4.78, 5) is 0. The summed E-state index contributed by atoms with van der Waals surface area (Å²) in [6, 6.07) is 3.79. The van der Waals surface area contributed by atoms with Gasteiger partial charge in [-0.2, -0.15) is 13.2 Å². The average molecular weight is 292 g/mol. The van der Waals surface area contributed by atoms with Crippen LogP contribution in [0.25, 0.3) is 0 Å². The quantitative estimate of drug-likeness (QED) is 0.791. The van der Waals surface area contributed by atoms with E-state index in [1.807, 2.05) is 6.92 Å². The first-order valence-corrected chi connectivity index (χ1v) is 6.88. The Balaban J connectivity index is 2.13. The summed E-state index contributed by atoms with van der Waals surface area (Å²) >= 11 is 5.76. The number of benzene rings is 1. The van der Waals surface area contributed by atoms with Gasteiger partial charge in [-0.25, -0.2) is 0 Å². The van der Waals surface area contributed by atoms with Crippen molar-refractivity contribution in [2.24, 2.45) is 5.92 Å². The van der Waals surface area contributed by atoms with Crippen molar-refractivity contribution in [3.05, 3.63) is 28.8 Å². The van der Waals surface area contributed by atoms with Crippen LogP contribution in [0.15, 0.2) is 18.2 Å². The van der Waals surface area contributed by atoms with Crippen LogP contribution < -0.4 is 5.32 Å². The van der Waals surface area contributed by atoms with E-state index >= 15 is 0 Å². The Hall–Kier alpha value is -0.900. The largest absolute Gasteiger partial charge is 0.416 e. The van der Waals surface area contributed by atoms with Crippen LogP contribution >= 0.6 is 11.6 Å². The lowest BCUT2D eigenvalue weighted by molar-refractivity contribution is -0.137. The van der Waals surface area contributed by atoms with Gasteiger partial charge in [0.25, 0.3) is 0 Å². The Morgan fingerprint density at radius 3 is 2.42 bits per heavy atom. The molecule has 1 aliphatic carbocycles. The molecule has 0 saturated heterocycles. The summed E-state index contributed by atoms with van der Waals surface area (Å²) in [6.07, 6.45) is 0.333. The van der Waals surface area contributed by atoms with Gasteiger partial charge in [0, 0.05) is 16.8 Å². The highest BCUT2D eigenvalue weighted by molar-refractivity contribution is 6.30. The molecule has 0 bridgehead atoms. The third-order valence-corrected chi connectivity index (χ3v) is 3.94. The van der Waals surface area contributed by atoms with Crippen LogP contribution in [0, 0.1) is 5.92 Å². The van der Waals surface area contributed by atoms with Crippen LogP contribution in [-0.4, -0.2) is 6.04 Å². The minimum atomic E-state index is -4.36. The number of hydrogen-bond acceptors (Lipinski definition) is 1. The first kappa shape index (κ1) is 14.5. The van der Waals surface area contributed by atoms with Gasteiger partial charge >= 0.3 is 6.18 Å². The first-order chi connectivity index (χ1) is 8.86. The molecule has 1 saturated carbocycles. The Morgan fingerprint density at radius 1 is 1.21 bits per heavy atom. The topological polar surface area (TPSA) is 12.0 Å². The number of hydrogen-bond donors (Lipinski definition) is 1. The van der Waals surface area contributed by atoms with Gasteiger partial charge in [0.2, 0.25) is 0 Å². The van der Waals surface area contributed by atoms with Crippen LogP contribution in [0.3, 0.4) is 0 Å². The Kier molecular flexibility index (Phi) is 4.29. The van der Waals surface area contributed by atoms with E-state index in [4.69, 9.17) is 11.6 Å². The second-order valence-corrected chi connectivity index (χ2v) is 5.64. The lowest BCUT2D eigenvalue weighted by Crippen LogP contribution is -2.24. The van der Waals surface area contributed by atoms with E-state index in [9.17, 15) is 13.2 Å². The van der Waals surface area contributed by atoms with Gasteiger partial charge in [0.15, 0.2) is 0 Å². The molecular formula is C14H17ClF3N. The van der Waals surface area contributed by atoms with Crippen molar-refractivity contribution in [2.75, 3.05) is 5.32 Å². The van der Waals surface area contributed by atoms with E-state index in [2.05, 4.69) is 5.32 Å². The van der Waals surface area contributed by atoms with Crippen molar-refractivity contribution in [3.63, 3.8) is 0 Å². The van der Waals surface area contributed by atoms with E-state index in [0.717, 1.165) is 25.0 Å². The highest BCUT2D eigenvalue weighted by atomic mass is 35.5. The summed E-state index contributed by atoms with van der Waals surface area (Å²) in [5, 5.41) is 3.26. The number of alkyl halides is 3. The minimum Gasteiger partial charge on any atom is -0.382 e. The number of nitrogens with one attached hydrogen (secondary N) is 1. The monoisotopic (exact) mass is 291 g/mol. The standard InChI is InChI=1S/C14H17ClF3N/c1-9(10-4-2-3-5-10)19-13-7-11(14(16,17)18)6-12(15)8-13/h6-10,19H,2-5H2,1H3. The highest BCUT2D eigenvalue weighted by Crippen LogP contribution is 2.34. The van der Waals surface area contributed by atoms with Gasteiger partial charge in [-0.05, 0) is 43.9 Å². The molecule has 19 heavy (non-hydrogen) atoms. The normalized spacial score (nSPS) is 18.6. The minimum absolute atomic E-state index is 0.107. The van der Waals surface area contributed by atoms with Crippen molar-refractivity contribution >= 4 is 17.3 Å². The van der Waals surface area contributed by atoms with Gasteiger partial charge < -0.3 is 5.32 Å². The third-order valence-electron chi connectivity index (χ3n) is 3.73. The van der Waals surface area contributed by atoms with E-state index in [0.29, 0.717) is 11.6 Å². The Morgan fingerprint density at radius 2 is 1.84 bits per heavy atom. The molecule has 2 rings (SSSR count). The van der Waals surface area contributed by atoms with Crippen molar-refractivity contribution in [2.45, 2.75) is 44.8 Å². The first-order valence-electron chi connectivity index (χ1n) is 6.50. The number of halogens is 4. The second-order valence-electron chi connectivity index (χ2n) is 5.20. The lowest BCUT2D eigenvalue weighted by atomic mass is 9.99. The van der Waals surface area contributed by atoms with E-state index in [1.165, 1.54) is 12.8 Å². The molecule has 1 aromatic carbocycles. The van der Waals surface area contributed by atoms with Crippen molar-refractivity contribution in [3.8, 4) is 0 Å². The summed E-state index contributed by atoms with van der Waals surface area (Å²) < 4.78 is 38.1. The maximum Gasteiger partial charge on any atom is 0.416 e. The van der Waals surface area contributed by atoms with Gasteiger partial charge in [-0.1, -0.05) is 24.4 Å². The maximum atomic E-state index is 12.7. The van der Waals surface area contributed by atoms with Gasteiger partial charge in [-0.15, -0.1) is 0 Å². The van der Waals surface area contributed by atoms with Crippen molar-refractivity contribution < 1.29 is 13.2 Å². The smallest absolute Gasteiger partial charge is 0.382 e. The second kappa shape index (κ2) is 5.61. The molecule has 1 aromatic rings. The predicted octanol–water partition coefficient (Wildman–Crippen LogP) is 5.35. The Bertz CT molecular complexity index is 439. The highest BCUT2D eigenvalue weighted by Gasteiger charge is 2.31. The molecule has 0 radical (unpaired) electrons. The van der Waals surface area contributed by atoms with Gasteiger partial charge in [0.1, 0.15) is 0 Å². The Labute approximate surface area is 116 Å². The van der Waals surface area contributed by atoms with Crippen molar-refractivity contribution in [1.82, 2.24) is 0 Å². The molecule has 5 heteroatoms. The molecule has 1 fully saturated rings. The molecule has 0 spiro atoms. The zero-order valence-electron chi connectivity index (χ0n) is 10.7. The zero-order valence-corrected chi connectivity index (χ0v) is 11.5. The van der Waals surface area contributed by atoms with Crippen LogP contribution in [0.2, 0.25) is 5.02 Å². The SMILES string of the molecule is CC(Nc1cc(Cl)cc(C(F)(F)F)c1)C1CCCC1.